The summed E-state index contributed by atoms with van der Waals surface area (Å²) >= 11 is 0. The molecule has 86 valence electrons. The number of hydrogen-bond donors (Lipinski definition) is 1. The molecule has 5 heteroatoms. The maximum absolute atomic E-state index is 11.4. The van der Waals surface area contributed by atoms with Crippen LogP contribution in [0, 0.1) is 0 Å². The normalized spacial score (nSPS) is 25.4. The lowest BCUT2D eigenvalue weighted by Gasteiger charge is -2.41. The first kappa shape index (κ1) is 10.9. The van der Waals surface area contributed by atoms with Crippen molar-refractivity contribution in [1.82, 2.24) is 9.97 Å². The Morgan fingerprint density at radius 1 is 1.44 bits per heavy atom. The second-order valence-electron chi connectivity index (χ2n) is 4.24. The van der Waals surface area contributed by atoms with E-state index in [2.05, 4.69) is 9.97 Å². The Kier molecular flexibility index (Phi) is 2.77. The van der Waals surface area contributed by atoms with Crippen LogP contribution in [0.15, 0.2) is 18.5 Å². The monoisotopic (exact) mass is 221 g/mol. The molecule has 0 aliphatic carbocycles. The molecule has 1 N–H and O–H groups in total. The van der Waals surface area contributed by atoms with E-state index < -0.39 is 11.5 Å². The highest BCUT2D eigenvalue weighted by Crippen LogP contribution is 2.30. The standard InChI is InChI=1S/C11H15N3O2/c1-11(9(15)16)5-2-3-8-14(11)10-12-6-4-7-13-10/h4,6-7H,2-3,5,8H2,1H3,(H,15,16). The highest BCUT2D eigenvalue weighted by molar-refractivity contribution is 5.82. The van der Waals surface area contributed by atoms with Crippen molar-refractivity contribution in [1.29, 1.82) is 0 Å². The molecule has 1 unspecified atom stereocenters. The summed E-state index contributed by atoms with van der Waals surface area (Å²) in [7, 11) is 0. The van der Waals surface area contributed by atoms with Crippen molar-refractivity contribution in [3.63, 3.8) is 0 Å². The van der Waals surface area contributed by atoms with Crippen molar-refractivity contribution >= 4 is 11.9 Å². The summed E-state index contributed by atoms with van der Waals surface area (Å²) in [5.41, 5.74) is -0.875. The number of carboxylic acids is 1. The Labute approximate surface area is 94.1 Å². The first-order valence-electron chi connectivity index (χ1n) is 5.43. The molecule has 0 amide bonds. The van der Waals surface area contributed by atoms with Gasteiger partial charge in [0.25, 0.3) is 0 Å². The van der Waals surface area contributed by atoms with Crippen LogP contribution in [0.3, 0.4) is 0 Å². The summed E-state index contributed by atoms with van der Waals surface area (Å²) in [4.78, 5) is 21.4. The molecule has 0 saturated carbocycles. The first-order chi connectivity index (χ1) is 7.64. The number of aliphatic carboxylic acids is 1. The van der Waals surface area contributed by atoms with Crippen LogP contribution in [0.2, 0.25) is 0 Å². The van der Waals surface area contributed by atoms with Crippen LogP contribution in [0.5, 0.6) is 0 Å². The minimum atomic E-state index is -0.875. The summed E-state index contributed by atoms with van der Waals surface area (Å²) in [6.07, 6.45) is 5.84. The number of hydrogen-bond acceptors (Lipinski definition) is 4. The Bertz CT molecular complexity index is 382. The van der Waals surface area contributed by atoms with Gasteiger partial charge in [-0.1, -0.05) is 0 Å². The zero-order chi connectivity index (χ0) is 11.6. The van der Waals surface area contributed by atoms with Crippen LogP contribution >= 0.6 is 0 Å². The molecule has 0 bridgehead atoms. The summed E-state index contributed by atoms with van der Waals surface area (Å²) < 4.78 is 0. The van der Waals surface area contributed by atoms with Crippen LogP contribution in [0.4, 0.5) is 5.95 Å². The highest BCUT2D eigenvalue weighted by Gasteiger charge is 2.42. The van der Waals surface area contributed by atoms with Crippen LogP contribution in [0.1, 0.15) is 26.2 Å². The Balaban J connectivity index is 2.34. The van der Waals surface area contributed by atoms with E-state index in [1.54, 1.807) is 30.3 Å². The van der Waals surface area contributed by atoms with Gasteiger partial charge in [-0.25, -0.2) is 14.8 Å². The fourth-order valence-electron chi connectivity index (χ4n) is 2.09. The summed E-state index contributed by atoms with van der Waals surface area (Å²) in [5.74, 6) is -0.299. The molecule has 1 aromatic heterocycles. The lowest BCUT2D eigenvalue weighted by molar-refractivity contribution is -0.143. The molecule has 1 atom stereocenters. The molecule has 1 aliphatic heterocycles. The van der Waals surface area contributed by atoms with E-state index >= 15 is 0 Å². The number of piperidine rings is 1. The molecule has 16 heavy (non-hydrogen) atoms. The highest BCUT2D eigenvalue weighted by atomic mass is 16.4. The van der Waals surface area contributed by atoms with Crippen molar-refractivity contribution in [3.05, 3.63) is 18.5 Å². The zero-order valence-electron chi connectivity index (χ0n) is 9.26. The molecule has 2 heterocycles. The van der Waals surface area contributed by atoms with Gasteiger partial charge in [0, 0.05) is 18.9 Å². The van der Waals surface area contributed by atoms with E-state index in [1.165, 1.54) is 0 Å². The van der Waals surface area contributed by atoms with E-state index in [4.69, 9.17) is 0 Å². The van der Waals surface area contributed by atoms with Gasteiger partial charge in [0.2, 0.25) is 5.95 Å². The number of carbonyl (C=O) groups is 1. The average Bonchev–Trinajstić information content (AvgIpc) is 2.30. The topological polar surface area (TPSA) is 66.3 Å². The molecule has 0 spiro atoms. The van der Waals surface area contributed by atoms with E-state index in [0.717, 1.165) is 12.8 Å². The number of anilines is 1. The maximum atomic E-state index is 11.4. The third kappa shape index (κ3) is 1.73. The number of nitrogens with zero attached hydrogens (tertiary/aromatic N) is 3. The van der Waals surface area contributed by atoms with Gasteiger partial charge in [-0.05, 0) is 32.3 Å². The molecule has 2 rings (SSSR count). The van der Waals surface area contributed by atoms with E-state index in [0.29, 0.717) is 18.9 Å². The van der Waals surface area contributed by atoms with Gasteiger partial charge in [-0.15, -0.1) is 0 Å². The van der Waals surface area contributed by atoms with E-state index in [-0.39, 0.29) is 0 Å². The molecule has 5 nitrogen and oxygen atoms in total. The van der Waals surface area contributed by atoms with Crippen molar-refractivity contribution < 1.29 is 9.90 Å². The van der Waals surface area contributed by atoms with Gasteiger partial charge >= 0.3 is 5.97 Å². The molecule has 0 aromatic carbocycles. The predicted octanol–water partition coefficient (Wildman–Crippen LogP) is 1.31. The van der Waals surface area contributed by atoms with E-state index in [9.17, 15) is 9.90 Å². The second kappa shape index (κ2) is 4.08. The quantitative estimate of drug-likeness (QED) is 0.815. The SMILES string of the molecule is CC1(C(=O)O)CCCCN1c1ncccn1. The van der Waals surface area contributed by atoms with E-state index in [1.807, 2.05) is 0 Å². The van der Waals surface area contributed by atoms with Crippen LogP contribution in [0.25, 0.3) is 0 Å². The minimum Gasteiger partial charge on any atom is -0.480 e. The molecule has 0 radical (unpaired) electrons. The fourth-order valence-corrected chi connectivity index (χ4v) is 2.09. The summed E-state index contributed by atoms with van der Waals surface area (Å²) in [6.45, 7) is 2.44. The van der Waals surface area contributed by atoms with Crippen molar-refractivity contribution in [2.24, 2.45) is 0 Å². The Morgan fingerprint density at radius 3 is 2.75 bits per heavy atom. The van der Waals surface area contributed by atoms with Crippen LogP contribution < -0.4 is 4.90 Å². The third-order valence-corrected chi connectivity index (χ3v) is 3.15. The van der Waals surface area contributed by atoms with Crippen LogP contribution in [-0.4, -0.2) is 33.1 Å². The molecule has 1 saturated heterocycles. The van der Waals surface area contributed by atoms with Crippen molar-refractivity contribution in [3.8, 4) is 0 Å². The number of aromatic nitrogens is 2. The molecular weight excluding hydrogens is 206 g/mol. The maximum Gasteiger partial charge on any atom is 0.329 e. The largest absolute Gasteiger partial charge is 0.480 e. The minimum absolute atomic E-state index is 0.507. The van der Waals surface area contributed by atoms with Gasteiger partial charge in [0.15, 0.2) is 0 Å². The molecule has 1 aromatic rings. The molecule has 1 fully saturated rings. The lowest BCUT2D eigenvalue weighted by atomic mass is 9.89. The average molecular weight is 221 g/mol. The summed E-state index contributed by atoms with van der Waals surface area (Å²) in [6, 6.07) is 1.73. The number of carboxylic acid groups (broad SMARTS) is 1. The van der Waals surface area contributed by atoms with Gasteiger partial charge in [-0.2, -0.15) is 0 Å². The van der Waals surface area contributed by atoms with Gasteiger partial charge in [0.05, 0.1) is 0 Å². The van der Waals surface area contributed by atoms with Crippen LogP contribution in [-0.2, 0) is 4.79 Å². The Hall–Kier alpha value is -1.65. The van der Waals surface area contributed by atoms with Gasteiger partial charge < -0.3 is 10.0 Å². The fraction of sp³-hybridized carbons (Fsp3) is 0.545. The predicted molar refractivity (Wildman–Crippen MR) is 59.3 cm³/mol. The smallest absolute Gasteiger partial charge is 0.329 e. The second-order valence-corrected chi connectivity index (χ2v) is 4.24. The third-order valence-electron chi connectivity index (χ3n) is 3.15. The van der Waals surface area contributed by atoms with Crippen molar-refractivity contribution in [2.75, 3.05) is 11.4 Å². The molecule has 1 aliphatic rings. The number of rotatable bonds is 2. The Morgan fingerprint density at radius 2 is 2.12 bits per heavy atom. The zero-order valence-corrected chi connectivity index (χ0v) is 9.26. The van der Waals surface area contributed by atoms with Gasteiger partial charge in [0.1, 0.15) is 5.54 Å². The van der Waals surface area contributed by atoms with Crippen molar-refractivity contribution in [2.45, 2.75) is 31.7 Å². The van der Waals surface area contributed by atoms with Gasteiger partial charge in [-0.3, -0.25) is 0 Å². The summed E-state index contributed by atoms with van der Waals surface area (Å²) in [5, 5.41) is 9.33. The molecular formula is C11H15N3O2. The first-order valence-corrected chi connectivity index (χ1v) is 5.43. The lowest BCUT2D eigenvalue weighted by Crippen LogP contribution is -2.56.